The second-order valence-corrected chi connectivity index (χ2v) is 12.4. The van der Waals surface area contributed by atoms with Crippen molar-refractivity contribution in [2.45, 2.75) is 44.3 Å². The molecule has 0 radical (unpaired) electrons. The average molecular weight is 508 g/mol. The first-order chi connectivity index (χ1) is 16.1. The Morgan fingerprint density at radius 2 is 1.62 bits per heavy atom. The van der Waals surface area contributed by atoms with Crippen molar-refractivity contribution in [3.05, 3.63) is 59.7 Å². The number of hydrogen-bond donors (Lipinski definition) is 1. The zero-order chi connectivity index (χ0) is 24.9. The second-order valence-electron chi connectivity index (χ2n) is 8.52. The molecule has 1 amide bonds. The standard InChI is InChI=1S/C24H33N3O5S2/c1-4-26(5-2)34(31,32)23-11-9-22(10-12-23)25-24(28)21-13-15-27(16-14-21)33(29,30)18-20-8-6-7-19(3)17-20/h6-12,17,21H,4-5,13-16,18H2,1-3H3,(H,25,28). The van der Waals surface area contributed by atoms with E-state index >= 15 is 0 Å². The molecule has 2 aromatic carbocycles. The van der Waals surface area contributed by atoms with Crippen molar-refractivity contribution < 1.29 is 21.6 Å². The van der Waals surface area contributed by atoms with Gasteiger partial charge in [0, 0.05) is 37.8 Å². The molecule has 1 N–H and O–H groups in total. The molecule has 1 aliphatic rings. The third kappa shape index (κ3) is 6.24. The Bertz CT molecular complexity index is 1200. The molecule has 0 aliphatic carbocycles. The summed E-state index contributed by atoms with van der Waals surface area (Å²) in [4.78, 5) is 12.9. The number of hydrogen-bond acceptors (Lipinski definition) is 5. The van der Waals surface area contributed by atoms with Gasteiger partial charge in [0.05, 0.1) is 10.6 Å². The molecule has 186 valence electrons. The van der Waals surface area contributed by atoms with Crippen LogP contribution >= 0.6 is 0 Å². The normalized spacial score (nSPS) is 16.0. The summed E-state index contributed by atoms with van der Waals surface area (Å²) >= 11 is 0. The largest absolute Gasteiger partial charge is 0.326 e. The second kappa shape index (κ2) is 11.0. The summed E-state index contributed by atoms with van der Waals surface area (Å²) in [6, 6.07) is 13.6. The predicted molar refractivity (Wildman–Crippen MR) is 133 cm³/mol. The van der Waals surface area contributed by atoms with Gasteiger partial charge in [0.2, 0.25) is 26.0 Å². The summed E-state index contributed by atoms with van der Waals surface area (Å²) in [6.07, 6.45) is 0.876. The minimum atomic E-state index is -3.55. The lowest BCUT2D eigenvalue weighted by atomic mass is 9.97. The molecule has 1 heterocycles. The molecule has 0 spiro atoms. The van der Waals surface area contributed by atoms with E-state index in [0.29, 0.717) is 44.7 Å². The summed E-state index contributed by atoms with van der Waals surface area (Å²) < 4.78 is 53.7. The molecule has 0 bridgehead atoms. The summed E-state index contributed by atoms with van der Waals surface area (Å²) in [7, 11) is -7.00. The first-order valence-electron chi connectivity index (χ1n) is 11.5. The van der Waals surface area contributed by atoms with E-state index in [4.69, 9.17) is 0 Å². The molecule has 0 atom stereocenters. The Hall–Kier alpha value is -2.27. The van der Waals surface area contributed by atoms with Gasteiger partial charge in [-0.15, -0.1) is 0 Å². The summed E-state index contributed by atoms with van der Waals surface area (Å²) in [6.45, 7) is 6.87. The number of nitrogens with one attached hydrogen (secondary N) is 1. The summed E-state index contributed by atoms with van der Waals surface area (Å²) in [5, 5.41) is 2.83. The van der Waals surface area contributed by atoms with Gasteiger partial charge in [-0.05, 0) is 49.6 Å². The highest BCUT2D eigenvalue weighted by molar-refractivity contribution is 7.89. The Morgan fingerprint density at radius 3 is 2.18 bits per heavy atom. The lowest BCUT2D eigenvalue weighted by Gasteiger charge is -2.30. The van der Waals surface area contributed by atoms with Crippen molar-refractivity contribution in [1.29, 1.82) is 0 Å². The van der Waals surface area contributed by atoms with Crippen molar-refractivity contribution in [2.24, 2.45) is 5.92 Å². The fraction of sp³-hybridized carbons (Fsp3) is 0.458. The lowest BCUT2D eigenvalue weighted by molar-refractivity contribution is -0.120. The molecule has 8 nitrogen and oxygen atoms in total. The van der Waals surface area contributed by atoms with E-state index < -0.39 is 20.0 Å². The number of aryl methyl sites for hydroxylation is 1. The molecule has 0 unspecified atom stereocenters. The zero-order valence-electron chi connectivity index (χ0n) is 19.9. The smallest absolute Gasteiger partial charge is 0.243 e. The molecular weight excluding hydrogens is 474 g/mol. The van der Waals surface area contributed by atoms with E-state index in [1.807, 2.05) is 31.2 Å². The van der Waals surface area contributed by atoms with Gasteiger partial charge in [0.15, 0.2) is 0 Å². The Morgan fingerprint density at radius 1 is 1.00 bits per heavy atom. The molecule has 1 saturated heterocycles. The van der Waals surface area contributed by atoms with Crippen molar-refractivity contribution in [1.82, 2.24) is 8.61 Å². The number of nitrogens with zero attached hydrogens (tertiary/aromatic N) is 2. The maximum Gasteiger partial charge on any atom is 0.243 e. The highest BCUT2D eigenvalue weighted by atomic mass is 32.2. The van der Waals surface area contributed by atoms with Crippen LogP contribution in [-0.4, -0.2) is 57.5 Å². The van der Waals surface area contributed by atoms with E-state index in [1.165, 1.54) is 20.7 Å². The number of benzene rings is 2. The van der Waals surface area contributed by atoms with Gasteiger partial charge in [-0.25, -0.2) is 21.1 Å². The summed E-state index contributed by atoms with van der Waals surface area (Å²) in [5.74, 6) is -0.534. The Kier molecular flexibility index (Phi) is 8.51. The molecule has 2 aromatic rings. The third-order valence-corrected chi connectivity index (χ3v) is 10.0. The molecule has 0 saturated carbocycles. The van der Waals surface area contributed by atoms with Crippen LogP contribution in [0, 0.1) is 12.8 Å². The molecule has 0 aromatic heterocycles. The quantitative estimate of drug-likeness (QED) is 0.561. The lowest BCUT2D eigenvalue weighted by Crippen LogP contribution is -2.41. The minimum Gasteiger partial charge on any atom is -0.326 e. The fourth-order valence-electron chi connectivity index (χ4n) is 4.17. The number of rotatable bonds is 9. The average Bonchev–Trinajstić information content (AvgIpc) is 2.80. The van der Waals surface area contributed by atoms with Crippen molar-refractivity contribution in [3.8, 4) is 0 Å². The highest BCUT2D eigenvalue weighted by Gasteiger charge is 2.31. The monoisotopic (exact) mass is 507 g/mol. The van der Waals surface area contributed by atoms with Gasteiger partial charge >= 0.3 is 0 Å². The third-order valence-electron chi connectivity index (χ3n) is 6.11. The van der Waals surface area contributed by atoms with E-state index in [1.54, 1.807) is 26.0 Å². The maximum atomic E-state index is 12.8. The zero-order valence-corrected chi connectivity index (χ0v) is 21.5. The van der Waals surface area contributed by atoms with Gasteiger partial charge in [0.25, 0.3) is 0 Å². The summed E-state index contributed by atoms with van der Waals surface area (Å²) in [5.41, 5.74) is 2.28. The van der Waals surface area contributed by atoms with Crippen LogP contribution in [0.4, 0.5) is 5.69 Å². The van der Waals surface area contributed by atoms with E-state index in [9.17, 15) is 21.6 Å². The molecule has 34 heavy (non-hydrogen) atoms. The van der Waals surface area contributed by atoms with Crippen LogP contribution in [0.15, 0.2) is 53.4 Å². The van der Waals surface area contributed by atoms with Crippen LogP contribution in [0.5, 0.6) is 0 Å². The van der Waals surface area contributed by atoms with Gasteiger partial charge in [0.1, 0.15) is 0 Å². The fourth-order valence-corrected chi connectivity index (χ4v) is 7.18. The molecule has 3 rings (SSSR count). The van der Waals surface area contributed by atoms with Gasteiger partial charge < -0.3 is 5.32 Å². The van der Waals surface area contributed by atoms with E-state index in [0.717, 1.165) is 11.1 Å². The van der Waals surface area contributed by atoms with Crippen LogP contribution in [0.25, 0.3) is 0 Å². The van der Waals surface area contributed by atoms with Crippen LogP contribution in [-0.2, 0) is 30.6 Å². The molecular formula is C24H33N3O5S2. The van der Waals surface area contributed by atoms with E-state index in [2.05, 4.69) is 5.32 Å². The maximum absolute atomic E-state index is 12.8. The van der Waals surface area contributed by atoms with Crippen LogP contribution in [0.2, 0.25) is 0 Å². The van der Waals surface area contributed by atoms with Crippen molar-refractivity contribution >= 4 is 31.6 Å². The SMILES string of the molecule is CCN(CC)S(=O)(=O)c1ccc(NC(=O)C2CCN(S(=O)(=O)Cc3cccc(C)c3)CC2)cc1. The minimum absolute atomic E-state index is 0.0473. The number of sulfonamides is 2. The topological polar surface area (TPSA) is 104 Å². The number of carbonyl (C=O) groups excluding carboxylic acids is 1. The number of amides is 1. The van der Waals surface area contributed by atoms with Gasteiger partial charge in [-0.1, -0.05) is 43.7 Å². The van der Waals surface area contributed by atoms with Crippen LogP contribution in [0.3, 0.4) is 0 Å². The van der Waals surface area contributed by atoms with Crippen LogP contribution in [0.1, 0.15) is 37.8 Å². The molecule has 10 heteroatoms. The predicted octanol–water partition coefficient (Wildman–Crippen LogP) is 3.21. The Labute approximate surface area is 203 Å². The van der Waals surface area contributed by atoms with Gasteiger partial charge in [-0.2, -0.15) is 4.31 Å². The molecule has 1 aliphatic heterocycles. The molecule has 1 fully saturated rings. The first-order valence-corrected chi connectivity index (χ1v) is 14.6. The van der Waals surface area contributed by atoms with Crippen LogP contribution < -0.4 is 5.32 Å². The number of carbonyl (C=O) groups is 1. The van der Waals surface area contributed by atoms with Crippen molar-refractivity contribution in [2.75, 3.05) is 31.5 Å². The van der Waals surface area contributed by atoms with Gasteiger partial charge in [-0.3, -0.25) is 4.79 Å². The van der Waals surface area contributed by atoms with Crippen molar-refractivity contribution in [3.63, 3.8) is 0 Å². The highest BCUT2D eigenvalue weighted by Crippen LogP contribution is 2.24. The first kappa shape index (κ1) is 26.3. The Balaban J connectivity index is 1.56. The number of anilines is 1. The number of piperidine rings is 1. The van der Waals surface area contributed by atoms with E-state index in [-0.39, 0.29) is 22.5 Å².